The van der Waals surface area contributed by atoms with Crippen LogP contribution in [-0.2, 0) is 9.53 Å². The minimum atomic E-state index is -0.223. The Labute approximate surface area is 109 Å². The fourth-order valence-corrected chi connectivity index (χ4v) is 6.20. The summed E-state index contributed by atoms with van der Waals surface area (Å²) in [4.78, 5) is 12.3. The standard InChI is InChI=1S/C16H22O2/c1-8-11-7-12(16(8,2)15(17)18-3)14-10-5-4-9(6-10)13(11)14/h4-5,8-14H,6-7H2,1-3H3. The molecule has 3 saturated carbocycles. The summed E-state index contributed by atoms with van der Waals surface area (Å²) in [5.41, 5.74) is -0.223. The topological polar surface area (TPSA) is 26.3 Å². The van der Waals surface area contributed by atoms with Crippen LogP contribution < -0.4 is 0 Å². The predicted octanol–water partition coefficient (Wildman–Crippen LogP) is 2.89. The van der Waals surface area contributed by atoms with Gasteiger partial charge in [-0.05, 0) is 61.2 Å². The van der Waals surface area contributed by atoms with Gasteiger partial charge in [-0.1, -0.05) is 19.1 Å². The molecule has 0 radical (unpaired) electrons. The van der Waals surface area contributed by atoms with Crippen LogP contribution in [0.2, 0.25) is 0 Å². The summed E-state index contributed by atoms with van der Waals surface area (Å²) in [5.74, 6) is 5.06. The highest BCUT2D eigenvalue weighted by molar-refractivity contribution is 5.78. The lowest BCUT2D eigenvalue weighted by atomic mass is 9.58. The molecule has 0 amide bonds. The normalized spacial score (nSPS) is 59.2. The van der Waals surface area contributed by atoms with Crippen LogP contribution in [0.25, 0.3) is 0 Å². The lowest BCUT2D eigenvalue weighted by molar-refractivity contribution is -0.161. The molecule has 8 unspecified atom stereocenters. The van der Waals surface area contributed by atoms with Gasteiger partial charge in [-0.25, -0.2) is 0 Å². The van der Waals surface area contributed by atoms with Crippen molar-refractivity contribution in [1.82, 2.24) is 0 Å². The van der Waals surface area contributed by atoms with E-state index < -0.39 is 0 Å². The molecular formula is C16H22O2. The van der Waals surface area contributed by atoms with Crippen LogP contribution in [0.5, 0.6) is 0 Å². The van der Waals surface area contributed by atoms with Gasteiger partial charge in [0.2, 0.25) is 0 Å². The zero-order valence-electron chi connectivity index (χ0n) is 11.4. The average Bonchev–Trinajstić information content (AvgIpc) is 3.08. The van der Waals surface area contributed by atoms with Gasteiger partial charge in [-0.3, -0.25) is 4.79 Å². The third kappa shape index (κ3) is 0.972. The van der Waals surface area contributed by atoms with Gasteiger partial charge in [-0.2, -0.15) is 0 Å². The third-order valence-corrected chi connectivity index (χ3v) is 7.05. The monoisotopic (exact) mass is 246 g/mol. The van der Waals surface area contributed by atoms with Gasteiger partial charge < -0.3 is 4.74 Å². The smallest absolute Gasteiger partial charge is 0.312 e. The first-order valence-electron chi connectivity index (χ1n) is 7.35. The van der Waals surface area contributed by atoms with Gasteiger partial charge in [0.25, 0.3) is 0 Å². The van der Waals surface area contributed by atoms with E-state index in [0.717, 1.165) is 29.6 Å². The average molecular weight is 246 g/mol. The van der Waals surface area contributed by atoms with Crippen LogP contribution >= 0.6 is 0 Å². The van der Waals surface area contributed by atoms with Gasteiger partial charge in [0.15, 0.2) is 0 Å². The second kappa shape index (κ2) is 3.20. The number of fused-ring (bicyclic) bond motifs is 9. The highest BCUT2D eigenvalue weighted by Crippen LogP contribution is 2.72. The fraction of sp³-hybridized carbons (Fsp3) is 0.812. The first-order valence-corrected chi connectivity index (χ1v) is 7.35. The quantitative estimate of drug-likeness (QED) is 0.404. The molecule has 0 saturated heterocycles. The van der Waals surface area contributed by atoms with E-state index in [9.17, 15) is 4.79 Å². The molecule has 4 bridgehead atoms. The van der Waals surface area contributed by atoms with E-state index in [2.05, 4.69) is 26.0 Å². The summed E-state index contributed by atoms with van der Waals surface area (Å²) >= 11 is 0. The second-order valence-electron chi connectivity index (χ2n) is 7.17. The van der Waals surface area contributed by atoms with Gasteiger partial charge >= 0.3 is 5.97 Å². The molecule has 0 N–H and O–H groups in total. The van der Waals surface area contributed by atoms with Crippen molar-refractivity contribution >= 4 is 5.97 Å². The molecular weight excluding hydrogens is 224 g/mol. The van der Waals surface area contributed by atoms with Crippen molar-refractivity contribution in [2.75, 3.05) is 7.11 Å². The van der Waals surface area contributed by atoms with E-state index >= 15 is 0 Å². The third-order valence-electron chi connectivity index (χ3n) is 7.05. The molecule has 3 fully saturated rings. The maximum atomic E-state index is 12.3. The molecule has 0 aromatic heterocycles. The van der Waals surface area contributed by atoms with Crippen molar-refractivity contribution < 1.29 is 9.53 Å². The number of carbonyl (C=O) groups excluding carboxylic acids is 1. The first kappa shape index (κ1) is 11.1. The molecule has 0 aliphatic heterocycles. The lowest BCUT2D eigenvalue weighted by Crippen LogP contribution is -2.47. The molecule has 4 rings (SSSR count). The summed E-state index contributed by atoms with van der Waals surface area (Å²) in [6.45, 7) is 4.45. The SMILES string of the molecule is COC(=O)C1(C)C(C)C2CC1C1C3C=CC(C3)C21. The van der Waals surface area contributed by atoms with Gasteiger partial charge in [0.1, 0.15) is 0 Å². The van der Waals surface area contributed by atoms with Crippen LogP contribution in [0, 0.1) is 46.8 Å². The Kier molecular flexibility index (Phi) is 1.97. The number of allylic oxidation sites excluding steroid dienone is 2. The van der Waals surface area contributed by atoms with Crippen molar-refractivity contribution in [3.63, 3.8) is 0 Å². The number of rotatable bonds is 1. The van der Waals surface area contributed by atoms with Crippen LogP contribution in [0.1, 0.15) is 26.7 Å². The van der Waals surface area contributed by atoms with Crippen molar-refractivity contribution in [1.29, 1.82) is 0 Å². The predicted molar refractivity (Wildman–Crippen MR) is 68.6 cm³/mol. The molecule has 0 heterocycles. The Morgan fingerprint density at radius 1 is 1.22 bits per heavy atom. The second-order valence-corrected chi connectivity index (χ2v) is 7.17. The zero-order valence-corrected chi connectivity index (χ0v) is 11.4. The molecule has 2 nitrogen and oxygen atoms in total. The largest absolute Gasteiger partial charge is 0.469 e. The summed E-state index contributed by atoms with van der Waals surface area (Å²) in [6.07, 6.45) is 7.49. The number of carbonyl (C=O) groups is 1. The Morgan fingerprint density at radius 2 is 1.89 bits per heavy atom. The van der Waals surface area contributed by atoms with Crippen LogP contribution in [-0.4, -0.2) is 13.1 Å². The molecule has 4 aliphatic carbocycles. The summed E-state index contributed by atoms with van der Waals surface area (Å²) < 4.78 is 5.13. The number of esters is 1. The number of methoxy groups -OCH3 is 1. The summed E-state index contributed by atoms with van der Waals surface area (Å²) in [6, 6.07) is 0. The first-order chi connectivity index (χ1) is 8.59. The van der Waals surface area contributed by atoms with E-state index in [1.807, 2.05) is 0 Å². The molecule has 0 spiro atoms. The Hall–Kier alpha value is -0.790. The molecule has 18 heavy (non-hydrogen) atoms. The van der Waals surface area contributed by atoms with Crippen LogP contribution in [0.15, 0.2) is 12.2 Å². The molecule has 8 atom stereocenters. The zero-order chi connectivity index (χ0) is 12.7. The van der Waals surface area contributed by atoms with Crippen LogP contribution in [0.4, 0.5) is 0 Å². The minimum absolute atomic E-state index is 0.0349. The fourth-order valence-electron chi connectivity index (χ4n) is 6.20. The van der Waals surface area contributed by atoms with E-state index in [-0.39, 0.29) is 11.4 Å². The van der Waals surface area contributed by atoms with Gasteiger partial charge in [0.05, 0.1) is 12.5 Å². The molecule has 98 valence electrons. The lowest BCUT2D eigenvalue weighted by Gasteiger charge is -2.45. The maximum absolute atomic E-state index is 12.3. The number of hydrogen-bond acceptors (Lipinski definition) is 2. The molecule has 2 heteroatoms. The van der Waals surface area contributed by atoms with E-state index in [0.29, 0.717) is 11.8 Å². The summed E-state index contributed by atoms with van der Waals surface area (Å²) in [5, 5.41) is 0. The van der Waals surface area contributed by atoms with Crippen molar-refractivity contribution in [2.45, 2.75) is 26.7 Å². The highest BCUT2D eigenvalue weighted by Gasteiger charge is 2.69. The Balaban J connectivity index is 1.76. The van der Waals surface area contributed by atoms with Crippen molar-refractivity contribution in [3.8, 4) is 0 Å². The Morgan fingerprint density at radius 3 is 2.56 bits per heavy atom. The molecule has 0 aromatic carbocycles. The van der Waals surface area contributed by atoms with Gasteiger partial charge in [0, 0.05) is 0 Å². The van der Waals surface area contributed by atoms with E-state index in [4.69, 9.17) is 4.74 Å². The number of ether oxygens (including phenoxy) is 1. The van der Waals surface area contributed by atoms with E-state index in [1.54, 1.807) is 7.11 Å². The number of hydrogen-bond donors (Lipinski definition) is 0. The molecule has 0 aromatic rings. The summed E-state index contributed by atoms with van der Waals surface area (Å²) in [7, 11) is 1.55. The minimum Gasteiger partial charge on any atom is -0.469 e. The van der Waals surface area contributed by atoms with Crippen LogP contribution in [0.3, 0.4) is 0 Å². The van der Waals surface area contributed by atoms with E-state index in [1.165, 1.54) is 12.8 Å². The van der Waals surface area contributed by atoms with Crippen molar-refractivity contribution in [3.05, 3.63) is 12.2 Å². The Bertz CT molecular complexity index is 440. The van der Waals surface area contributed by atoms with Gasteiger partial charge in [-0.15, -0.1) is 0 Å². The maximum Gasteiger partial charge on any atom is 0.312 e. The highest BCUT2D eigenvalue weighted by atomic mass is 16.5. The van der Waals surface area contributed by atoms with Crippen molar-refractivity contribution in [2.24, 2.45) is 46.8 Å². The molecule has 4 aliphatic rings.